The number of hydrogen-bond donors (Lipinski definition) is 0. The summed E-state index contributed by atoms with van der Waals surface area (Å²) in [5.74, 6) is 0.634. The van der Waals surface area contributed by atoms with Crippen molar-refractivity contribution in [1.29, 1.82) is 0 Å². The van der Waals surface area contributed by atoms with Crippen molar-refractivity contribution < 1.29 is 0 Å². The second-order valence-electron chi connectivity index (χ2n) is 2.54. The van der Waals surface area contributed by atoms with E-state index in [1.165, 1.54) is 0 Å². The SMILES string of the molecule is Cn1nc(-c2ccccn2)nc1Br. The molecule has 13 heavy (non-hydrogen) atoms. The highest BCUT2D eigenvalue weighted by Crippen LogP contribution is 2.14. The zero-order valence-corrected chi connectivity index (χ0v) is 8.56. The molecule has 0 saturated heterocycles. The number of rotatable bonds is 1. The lowest BCUT2D eigenvalue weighted by molar-refractivity contribution is 0.747. The molecule has 0 aliphatic carbocycles. The number of aromatic nitrogens is 4. The van der Waals surface area contributed by atoms with E-state index < -0.39 is 0 Å². The number of aryl methyl sites for hydroxylation is 1. The van der Waals surface area contributed by atoms with Crippen LogP contribution in [0.4, 0.5) is 0 Å². The molecule has 0 radical (unpaired) electrons. The van der Waals surface area contributed by atoms with E-state index in [4.69, 9.17) is 0 Å². The zero-order valence-electron chi connectivity index (χ0n) is 6.98. The first-order valence-electron chi connectivity index (χ1n) is 3.75. The number of hydrogen-bond acceptors (Lipinski definition) is 3. The third-order valence-electron chi connectivity index (χ3n) is 1.60. The van der Waals surface area contributed by atoms with Crippen molar-refractivity contribution in [2.75, 3.05) is 0 Å². The third kappa shape index (κ3) is 1.60. The van der Waals surface area contributed by atoms with E-state index in [0.29, 0.717) is 10.6 Å². The Bertz CT molecular complexity index is 390. The van der Waals surface area contributed by atoms with Crippen molar-refractivity contribution in [3.8, 4) is 11.5 Å². The maximum Gasteiger partial charge on any atom is 0.200 e. The molecule has 0 amide bonds. The number of nitrogens with zero attached hydrogens (tertiary/aromatic N) is 4. The molecule has 0 aliphatic heterocycles. The molecular formula is C8H7BrN4. The fourth-order valence-electron chi connectivity index (χ4n) is 0.969. The van der Waals surface area contributed by atoms with E-state index in [9.17, 15) is 0 Å². The second kappa shape index (κ2) is 3.26. The fourth-order valence-corrected chi connectivity index (χ4v) is 1.22. The van der Waals surface area contributed by atoms with Crippen LogP contribution in [0.1, 0.15) is 0 Å². The minimum absolute atomic E-state index is 0.634. The van der Waals surface area contributed by atoms with Gasteiger partial charge >= 0.3 is 0 Å². The summed E-state index contributed by atoms with van der Waals surface area (Å²) in [5, 5.41) is 4.18. The van der Waals surface area contributed by atoms with Gasteiger partial charge in [0, 0.05) is 13.2 Å². The summed E-state index contributed by atoms with van der Waals surface area (Å²) < 4.78 is 2.36. The average Bonchev–Trinajstić information content (AvgIpc) is 2.49. The molecule has 4 nitrogen and oxygen atoms in total. The molecule has 0 N–H and O–H groups in total. The molecule has 2 aromatic heterocycles. The maximum absolute atomic E-state index is 4.19. The fraction of sp³-hybridized carbons (Fsp3) is 0.125. The first kappa shape index (κ1) is 8.37. The van der Waals surface area contributed by atoms with Gasteiger partial charge in [0.1, 0.15) is 5.69 Å². The van der Waals surface area contributed by atoms with Crippen LogP contribution in [0.25, 0.3) is 11.5 Å². The minimum Gasteiger partial charge on any atom is -0.253 e. The van der Waals surface area contributed by atoms with E-state index in [0.717, 1.165) is 5.69 Å². The lowest BCUT2D eigenvalue weighted by Gasteiger charge is -1.90. The van der Waals surface area contributed by atoms with Crippen molar-refractivity contribution in [3.63, 3.8) is 0 Å². The lowest BCUT2D eigenvalue weighted by Crippen LogP contribution is -1.90. The van der Waals surface area contributed by atoms with E-state index in [-0.39, 0.29) is 0 Å². The standard InChI is InChI=1S/C8H7BrN4/c1-13-8(9)11-7(12-13)6-4-2-3-5-10-6/h2-5H,1H3. The molecule has 0 aromatic carbocycles. The Morgan fingerprint density at radius 2 is 2.23 bits per heavy atom. The molecule has 0 unspecified atom stereocenters. The van der Waals surface area contributed by atoms with E-state index in [2.05, 4.69) is 31.0 Å². The highest BCUT2D eigenvalue weighted by molar-refractivity contribution is 9.10. The molecule has 0 spiro atoms. The predicted octanol–water partition coefficient (Wildman–Crippen LogP) is 1.64. The molecule has 66 valence electrons. The van der Waals surface area contributed by atoms with Crippen LogP contribution in [0.2, 0.25) is 0 Å². The van der Waals surface area contributed by atoms with Crippen molar-refractivity contribution in [1.82, 2.24) is 19.7 Å². The topological polar surface area (TPSA) is 43.6 Å². The van der Waals surface area contributed by atoms with Crippen LogP contribution < -0.4 is 0 Å². The Labute approximate surface area is 83.8 Å². The molecule has 0 fully saturated rings. The van der Waals surface area contributed by atoms with Gasteiger partial charge in [-0.05, 0) is 28.1 Å². The summed E-state index contributed by atoms with van der Waals surface area (Å²) >= 11 is 3.27. The summed E-state index contributed by atoms with van der Waals surface area (Å²) in [6.07, 6.45) is 1.72. The normalized spacial score (nSPS) is 10.3. The Balaban J connectivity index is 2.48. The third-order valence-corrected chi connectivity index (χ3v) is 2.29. The number of halogens is 1. The first-order valence-corrected chi connectivity index (χ1v) is 4.54. The van der Waals surface area contributed by atoms with Gasteiger partial charge in [-0.15, -0.1) is 5.10 Å². The van der Waals surface area contributed by atoms with E-state index in [1.807, 2.05) is 25.2 Å². The Hall–Kier alpha value is -1.23. The van der Waals surface area contributed by atoms with E-state index >= 15 is 0 Å². The molecule has 2 rings (SSSR count). The van der Waals surface area contributed by atoms with Gasteiger partial charge in [-0.3, -0.25) is 4.98 Å². The van der Waals surface area contributed by atoms with Gasteiger partial charge in [0.2, 0.25) is 5.82 Å². The highest BCUT2D eigenvalue weighted by atomic mass is 79.9. The highest BCUT2D eigenvalue weighted by Gasteiger charge is 2.06. The van der Waals surface area contributed by atoms with Crippen molar-refractivity contribution >= 4 is 15.9 Å². The van der Waals surface area contributed by atoms with Crippen LogP contribution in [-0.2, 0) is 7.05 Å². The van der Waals surface area contributed by atoms with Gasteiger partial charge < -0.3 is 0 Å². The van der Waals surface area contributed by atoms with E-state index in [1.54, 1.807) is 10.9 Å². The van der Waals surface area contributed by atoms with Crippen molar-refractivity contribution in [2.24, 2.45) is 7.05 Å². The smallest absolute Gasteiger partial charge is 0.200 e. The molecule has 2 aromatic rings. The molecule has 0 aliphatic rings. The Morgan fingerprint density at radius 1 is 1.38 bits per heavy atom. The van der Waals surface area contributed by atoms with Crippen LogP contribution in [0, 0.1) is 0 Å². The maximum atomic E-state index is 4.19. The summed E-state index contributed by atoms with van der Waals surface area (Å²) in [7, 11) is 1.82. The van der Waals surface area contributed by atoms with Gasteiger partial charge in [0.05, 0.1) is 0 Å². The summed E-state index contributed by atoms with van der Waals surface area (Å²) in [6, 6.07) is 5.65. The van der Waals surface area contributed by atoms with Crippen molar-refractivity contribution in [3.05, 3.63) is 29.1 Å². The molecule has 0 bridgehead atoms. The largest absolute Gasteiger partial charge is 0.253 e. The quantitative estimate of drug-likeness (QED) is 0.759. The van der Waals surface area contributed by atoms with Crippen LogP contribution >= 0.6 is 15.9 Å². The average molecular weight is 239 g/mol. The number of pyridine rings is 1. The molecule has 5 heteroatoms. The van der Waals surface area contributed by atoms with Crippen LogP contribution in [-0.4, -0.2) is 19.7 Å². The van der Waals surface area contributed by atoms with Crippen molar-refractivity contribution in [2.45, 2.75) is 0 Å². The van der Waals surface area contributed by atoms with Gasteiger partial charge in [0.25, 0.3) is 0 Å². The van der Waals surface area contributed by atoms with Crippen LogP contribution in [0.3, 0.4) is 0 Å². The summed E-state index contributed by atoms with van der Waals surface area (Å²) in [4.78, 5) is 8.33. The van der Waals surface area contributed by atoms with Crippen LogP contribution in [0.15, 0.2) is 29.1 Å². The molecule has 2 heterocycles. The predicted molar refractivity (Wildman–Crippen MR) is 51.9 cm³/mol. The zero-order chi connectivity index (χ0) is 9.26. The summed E-state index contributed by atoms with van der Waals surface area (Å²) in [5.41, 5.74) is 0.781. The molecule has 0 atom stereocenters. The Kier molecular flexibility index (Phi) is 2.10. The van der Waals surface area contributed by atoms with Gasteiger partial charge in [-0.2, -0.15) is 4.98 Å². The lowest BCUT2D eigenvalue weighted by atomic mass is 10.3. The van der Waals surface area contributed by atoms with Gasteiger partial charge in [-0.1, -0.05) is 6.07 Å². The minimum atomic E-state index is 0.634. The second-order valence-corrected chi connectivity index (χ2v) is 3.25. The van der Waals surface area contributed by atoms with Crippen LogP contribution in [0.5, 0.6) is 0 Å². The monoisotopic (exact) mass is 238 g/mol. The Morgan fingerprint density at radius 3 is 2.77 bits per heavy atom. The molecular weight excluding hydrogens is 232 g/mol. The first-order chi connectivity index (χ1) is 6.27. The summed E-state index contributed by atoms with van der Waals surface area (Å²) in [6.45, 7) is 0. The van der Waals surface area contributed by atoms with Gasteiger partial charge in [0.15, 0.2) is 4.73 Å². The molecule has 0 saturated carbocycles. The van der Waals surface area contributed by atoms with Gasteiger partial charge in [-0.25, -0.2) is 4.68 Å².